The number of fused-ring (bicyclic) bond motifs is 1. The number of amides is 1. The van der Waals surface area contributed by atoms with E-state index in [2.05, 4.69) is 20.3 Å². The summed E-state index contributed by atoms with van der Waals surface area (Å²) in [4.78, 5) is 19.2. The van der Waals surface area contributed by atoms with Crippen LogP contribution in [0.15, 0.2) is 24.3 Å². The van der Waals surface area contributed by atoms with Crippen molar-refractivity contribution in [2.24, 2.45) is 0 Å². The topological polar surface area (TPSA) is 62.5 Å². The minimum absolute atomic E-state index is 0.216. The van der Waals surface area contributed by atoms with Crippen LogP contribution in [0.4, 0.5) is 15.3 Å². The highest BCUT2D eigenvalue weighted by atomic mass is 32.1. The monoisotopic (exact) mass is 359 g/mol. The van der Waals surface area contributed by atoms with Crippen LogP contribution in [0.3, 0.4) is 0 Å². The van der Waals surface area contributed by atoms with Gasteiger partial charge < -0.3 is 10.2 Å². The third-order valence-electron chi connectivity index (χ3n) is 4.21. The molecule has 0 bridgehead atoms. The smallest absolute Gasteiger partial charge is 0.222 e. The summed E-state index contributed by atoms with van der Waals surface area (Å²) in [6.45, 7) is 3.42. The normalized spacial score (nSPS) is 14.9. The molecule has 1 aliphatic heterocycles. The van der Waals surface area contributed by atoms with Crippen LogP contribution in [-0.2, 0) is 4.79 Å². The molecule has 1 amide bonds. The first-order valence-electron chi connectivity index (χ1n) is 8.30. The van der Waals surface area contributed by atoms with Crippen LogP contribution in [0.25, 0.3) is 16.2 Å². The Labute approximate surface area is 148 Å². The summed E-state index contributed by atoms with van der Waals surface area (Å²) in [6.07, 6.45) is 3.57. The van der Waals surface area contributed by atoms with E-state index in [9.17, 15) is 9.18 Å². The molecule has 1 fully saturated rings. The van der Waals surface area contributed by atoms with Gasteiger partial charge in [-0.1, -0.05) is 23.5 Å². The molecule has 0 radical (unpaired) electrons. The predicted molar refractivity (Wildman–Crippen MR) is 96.6 cm³/mol. The molecule has 1 aliphatic rings. The zero-order valence-electron chi connectivity index (χ0n) is 13.8. The second-order valence-corrected chi connectivity index (χ2v) is 7.06. The number of halogens is 1. The number of anilines is 2. The zero-order valence-corrected chi connectivity index (χ0v) is 14.6. The number of carbonyl (C=O) groups is 1. The maximum atomic E-state index is 13.6. The summed E-state index contributed by atoms with van der Waals surface area (Å²) in [7, 11) is 0. The molecule has 0 saturated carbocycles. The molecule has 0 unspecified atom stereocenters. The number of piperidine rings is 1. The summed E-state index contributed by atoms with van der Waals surface area (Å²) >= 11 is 1.49. The average molecular weight is 359 g/mol. The van der Waals surface area contributed by atoms with Crippen LogP contribution in [0.5, 0.6) is 0 Å². The maximum absolute atomic E-state index is 13.6. The van der Waals surface area contributed by atoms with Gasteiger partial charge in [0.25, 0.3) is 0 Å². The maximum Gasteiger partial charge on any atom is 0.222 e. The highest BCUT2D eigenvalue weighted by molar-refractivity contribution is 7.20. The number of rotatable bonds is 3. The van der Waals surface area contributed by atoms with Crippen molar-refractivity contribution in [3.05, 3.63) is 30.1 Å². The quantitative estimate of drug-likeness (QED) is 0.777. The van der Waals surface area contributed by atoms with Gasteiger partial charge in [-0.3, -0.25) is 4.79 Å². The highest BCUT2D eigenvalue weighted by Crippen LogP contribution is 2.34. The van der Waals surface area contributed by atoms with Gasteiger partial charge in [-0.15, -0.1) is 5.10 Å². The van der Waals surface area contributed by atoms with Crippen LogP contribution < -0.4 is 10.2 Å². The van der Waals surface area contributed by atoms with Crippen molar-refractivity contribution < 1.29 is 9.18 Å². The fourth-order valence-corrected chi connectivity index (χ4v) is 4.02. The molecule has 6 nitrogen and oxygen atoms in total. The molecular formula is C17H18FN5OS. The lowest BCUT2D eigenvalue weighted by atomic mass is 10.1. The molecule has 4 rings (SSSR count). The molecule has 1 aromatic carbocycles. The molecule has 2 aromatic heterocycles. The first-order chi connectivity index (χ1) is 12.1. The number of hydrogen-bond donors (Lipinski definition) is 1. The Kier molecular flexibility index (Phi) is 4.12. The van der Waals surface area contributed by atoms with E-state index >= 15 is 0 Å². The van der Waals surface area contributed by atoms with E-state index in [0.717, 1.165) is 31.1 Å². The highest BCUT2D eigenvalue weighted by Gasteiger charge is 2.22. The van der Waals surface area contributed by atoms with Crippen LogP contribution >= 0.6 is 11.3 Å². The molecule has 1 N–H and O–H groups in total. The number of benzene rings is 1. The van der Waals surface area contributed by atoms with E-state index in [-0.39, 0.29) is 11.7 Å². The predicted octanol–water partition coefficient (Wildman–Crippen LogP) is 3.55. The molecule has 8 heteroatoms. The first-order valence-corrected chi connectivity index (χ1v) is 9.11. The third-order valence-corrected chi connectivity index (χ3v) is 5.18. The van der Waals surface area contributed by atoms with Crippen molar-refractivity contribution in [2.45, 2.75) is 26.2 Å². The summed E-state index contributed by atoms with van der Waals surface area (Å²) in [5.41, 5.74) is 1.14. The fourth-order valence-electron chi connectivity index (χ4n) is 3.07. The summed E-state index contributed by atoms with van der Waals surface area (Å²) in [5.74, 6) is -0.0795. The number of nitrogens with one attached hydrogen (secondary N) is 1. The van der Waals surface area contributed by atoms with Gasteiger partial charge in [0.05, 0.1) is 0 Å². The van der Waals surface area contributed by atoms with Gasteiger partial charge in [0.1, 0.15) is 11.5 Å². The summed E-state index contributed by atoms with van der Waals surface area (Å²) in [6, 6.07) is 6.19. The molecule has 1 saturated heterocycles. The summed E-state index contributed by atoms with van der Waals surface area (Å²) < 4.78 is 15.2. The van der Waals surface area contributed by atoms with E-state index in [1.54, 1.807) is 16.6 Å². The molecule has 3 aromatic rings. The van der Waals surface area contributed by atoms with Crippen molar-refractivity contribution in [3.63, 3.8) is 0 Å². The van der Waals surface area contributed by atoms with E-state index < -0.39 is 0 Å². The zero-order chi connectivity index (χ0) is 17.4. The molecule has 0 spiro atoms. The van der Waals surface area contributed by atoms with E-state index in [0.29, 0.717) is 22.0 Å². The Bertz CT molecular complexity index is 928. The molecular weight excluding hydrogens is 341 g/mol. The Hall–Kier alpha value is -2.48. The molecule has 0 atom stereocenters. The summed E-state index contributed by atoms with van der Waals surface area (Å²) in [5, 5.41) is 8.35. The van der Waals surface area contributed by atoms with E-state index in [1.807, 2.05) is 0 Å². The molecule has 130 valence electrons. The Morgan fingerprint density at radius 1 is 1.28 bits per heavy atom. The van der Waals surface area contributed by atoms with Gasteiger partial charge >= 0.3 is 0 Å². The number of imidazole rings is 1. The molecule has 3 heterocycles. The van der Waals surface area contributed by atoms with Gasteiger partial charge in [0.15, 0.2) is 5.82 Å². The lowest BCUT2D eigenvalue weighted by Crippen LogP contribution is -2.29. The van der Waals surface area contributed by atoms with Gasteiger partial charge in [0.2, 0.25) is 16.0 Å². The SMILES string of the molecule is CC(=O)Nc1c(-c2cccc(F)c2)nc2sc(N3CCCCC3)nn12. The molecule has 25 heavy (non-hydrogen) atoms. The van der Waals surface area contributed by atoms with Crippen LogP contribution in [0, 0.1) is 5.82 Å². The van der Waals surface area contributed by atoms with Crippen molar-refractivity contribution in [2.75, 3.05) is 23.3 Å². The Morgan fingerprint density at radius 3 is 2.80 bits per heavy atom. The minimum atomic E-state index is -0.343. The van der Waals surface area contributed by atoms with Crippen molar-refractivity contribution >= 4 is 33.2 Å². The minimum Gasteiger partial charge on any atom is -0.347 e. The van der Waals surface area contributed by atoms with Gasteiger partial charge in [0, 0.05) is 25.6 Å². The number of hydrogen-bond acceptors (Lipinski definition) is 5. The average Bonchev–Trinajstić information content (AvgIpc) is 3.15. The van der Waals surface area contributed by atoms with Gasteiger partial charge in [-0.2, -0.15) is 4.52 Å². The second-order valence-electron chi connectivity index (χ2n) is 6.13. The lowest BCUT2D eigenvalue weighted by Gasteiger charge is -2.25. The van der Waals surface area contributed by atoms with Crippen LogP contribution in [-0.4, -0.2) is 33.6 Å². The number of carbonyl (C=O) groups excluding carboxylic acids is 1. The van der Waals surface area contributed by atoms with Gasteiger partial charge in [-0.25, -0.2) is 9.37 Å². The van der Waals surface area contributed by atoms with Crippen molar-refractivity contribution in [1.29, 1.82) is 0 Å². The van der Waals surface area contributed by atoms with E-state index in [4.69, 9.17) is 0 Å². The Balaban J connectivity index is 1.80. The van der Waals surface area contributed by atoms with Crippen LogP contribution in [0.2, 0.25) is 0 Å². The Morgan fingerprint density at radius 2 is 2.08 bits per heavy atom. The molecule has 0 aliphatic carbocycles. The third kappa shape index (κ3) is 3.09. The lowest BCUT2D eigenvalue weighted by molar-refractivity contribution is -0.114. The fraction of sp³-hybridized carbons (Fsp3) is 0.353. The second kappa shape index (κ2) is 6.44. The van der Waals surface area contributed by atoms with Gasteiger partial charge in [-0.05, 0) is 31.4 Å². The van der Waals surface area contributed by atoms with Crippen molar-refractivity contribution in [1.82, 2.24) is 14.6 Å². The number of nitrogens with zero attached hydrogens (tertiary/aromatic N) is 4. The van der Waals surface area contributed by atoms with E-state index in [1.165, 1.54) is 36.8 Å². The van der Waals surface area contributed by atoms with Crippen LogP contribution in [0.1, 0.15) is 26.2 Å². The van der Waals surface area contributed by atoms with Crippen molar-refractivity contribution in [3.8, 4) is 11.3 Å². The first kappa shape index (κ1) is 16.0. The number of aromatic nitrogens is 3. The standard InChI is InChI=1S/C17H18FN5OS/c1-11(24)19-15-14(12-6-5-7-13(18)10-12)20-16-23(15)21-17(25-16)22-8-3-2-4-9-22/h5-7,10H,2-4,8-9H2,1H3,(H,19,24). The largest absolute Gasteiger partial charge is 0.347 e.